The summed E-state index contributed by atoms with van der Waals surface area (Å²) in [6.45, 7) is 2.06. The summed E-state index contributed by atoms with van der Waals surface area (Å²) in [7, 11) is 1.68. The van der Waals surface area contributed by atoms with Gasteiger partial charge in [-0.15, -0.1) is 0 Å². The van der Waals surface area contributed by atoms with Gasteiger partial charge in [-0.25, -0.2) is 4.68 Å². The molecular formula is C15H14N2O. The first-order valence-corrected chi connectivity index (χ1v) is 5.87. The second kappa shape index (κ2) is 4.18. The minimum Gasteiger partial charge on any atom is -0.497 e. The highest BCUT2D eigenvalue weighted by molar-refractivity contribution is 5.78. The monoisotopic (exact) mass is 238 g/mol. The molecule has 0 atom stereocenters. The van der Waals surface area contributed by atoms with Crippen LogP contribution < -0.4 is 4.74 Å². The zero-order valence-electron chi connectivity index (χ0n) is 10.4. The van der Waals surface area contributed by atoms with E-state index in [9.17, 15) is 0 Å². The van der Waals surface area contributed by atoms with Gasteiger partial charge in [-0.05, 0) is 36.8 Å². The van der Waals surface area contributed by atoms with Crippen molar-refractivity contribution in [3.63, 3.8) is 0 Å². The Labute approximate surface area is 106 Å². The van der Waals surface area contributed by atoms with Crippen molar-refractivity contribution in [1.82, 2.24) is 9.78 Å². The lowest BCUT2D eigenvalue weighted by atomic mass is 10.2. The summed E-state index contributed by atoms with van der Waals surface area (Å²) < 4.78 is 7.13. The summed E-state index contributed by atoms with van der Waals surface area (Å²) in [6.07, 6.45) is 2.05. The lowest BCUT2D eigenvalue weighted by Gasteiger charge is -2.07. The van der Waals surface area contributed by atoms with Crippen LogP contribution in [0, 0.1) is 6.92 Å². The Balaban J connectivity index is 2.14. The van der Waals surface area contributed by atoms with Crippen molar-refractivity contribution in [2.45, 2.75) is 6.92 Å². The van der Waals surface area contributed by atoms with Crippen LogP contribution in [0.1, 0.15) is 5.56 Å². The van der Waals surface area contributed by atoms with E-state index in [0.29, 0.717) is 0 Å². The number of aromatic nitrogens is 2. The van der Waals surface area contributed by atoms with Gasteiger partial charge in [0.2, 0.25) is 0 Å². The van der Waals surface area contributed by atoms with E-state index >= 15 is 0 Å². The second-order valence-corrected chi connectivity index (χ2v) is 4.28. The number of ether oxygens (including phenoxy) is 1. The zero-order valence-corrected chi connectivity index (χ0v) is 10.4. The average molecular weight is 238 g/mol. The number of methoxy groups -OCH3 is 1. The molecule has 0 unspecified atom stereocenters. The van der Waals surface area contributed by atoms with Crippen molar-refractivity contribution < 1.29 is 4.74 Å². The summed E-state index contributed by atoms with van der Waals surface area (Å²) in [5.74, 6) is 0.868. The third-order valence-electron chi connectivity index (χ3n) is 3.06. The van der Waals surface area contributed by atoms with Crippen LogP contribution in [-0.4, -0.2) is 16.9 Å². The maximum atomic E-state index is 5.22. The number of aryl methyl sites for hydroxylation is 1. The molecule has 0 fully saturated rings. The number of rotatable bonds is 2. The first kappa shape index (κ1) is 10.8. The Kier molecular flexibility index (Phi) is 2.52. The lowest BCUT2D eigenvalue weighted by Crippen LogP contribution is -1.97. The zero-order chi connectivity index (χ0) is 12.5. The molecular weight excluding hydrogens is 224 g/mol. The van der Waals surface area contributed by atoms with Crippen molar-refractivity contribution in [3.05, 3.63) is 54.2 Å². The van der Waals surface area contributed by atoms with E-state index in [4.69, 9.17) is 4.74 Å². The molecule has 0 spiro atoms. The van der Waals surface area contributed by atoms with Gasteiger partial charge in [0.15, 0.2) is 0 Å². The Bertz CT molecular complexity index is 668. The molecule has 90 valence electrons. The summed E-state index contributed by atoms with van der Waals surface area (Å²) in [6, 6.07) is 14.1. The Morgan fingerprint density at radius 2 is 1.94 bits per heavy atom. The van der Waals surface area contributed by atoms with Crippen LogP contribution in [0.5, 0.6) is 5.75 Å². The standard InChI is InChI=1S/C15H14N2O/c1-11-9-13(18-2)7-8-15(11)17-10-12-5-3-4-6-14(12)16-17/h3-10H,1-2H3. The molecule has 1 heterocycles. The molecule has 1 aromatic heterocycles. The highest BCUT2D eigenvalue weighted by atomic mass is 16.5. The molecule has 0 amide bonds. The van der Waals surface area contributed by atoms with Crippen molar-refractivity contribution >= 4 is 10.9 Å². The van der Waals surface area contributed by atoms with Gasteiger partial charge >= 0.3 is 0 Å². The molecule has 3 rings (SSSR count). The van der Waals surface area contributed by atoms with Crippen molar-refractivity contribution in [3.8, 4) is 11.4 Å². The molecule has 3 heteroatoms. The van der Waals surface area contributed by atoms with Crippen LogP contribution in [-0.2, 0) is 0 Å². The summed E-state index contributed by atoms with van der Waals surface area (Å²) in [4.78, 5) is 0. The van der Waals surface area contributed by atoms with Gasteiger partial charge in [-0.3, -0.25) is 0 Å². The van der Waals surface area contributed by atoms with Gasteiger partial charge in [-0.2, -0.15) is 5.10 Å². The van der Waals surface area contributed by atoms with Gasteiger partial charge in [0, 0.05) is 11.6 Å². The maximum Gasteiger partial charge on any atom is 0.119 e. The molecule has 0 aliphatic heterocycles. The number of benzene rings is 2. The van der Waals surface area contributed by atoms with Crippen molar-refractivity contribution in [2.24, 2.45) is 0 Å². The second-order valence-electron chi connectivity index (χ2n) is 4.28. The highest BCUT2D eigenvalue weighted by Gasteiger charge is 2.05. The van der Waals surface area contributed by atoms with Crippen LogP contribution in [0.15, 0.2) is 48.7 Å². The average Bonchev–Trinajstić information content (AvgIpc) is 2.81. The molecule has 0 radical (unpaired) electrons. The molecule has 3 aromatic rings. The minimum absolute atomic E-state index is 0.868. The van der Waals surface area contributed by atoms with Crippen LogP contribution in [0.2, 0.25) is 0 Å². The topological polar surface area (TPSA) is 27.1 Å². The predicted octanol–water partition coefficient (Wildman–Crippen LogP) is 3.34. The SMILES string of the molecule is COc1ccc(-n2cc3ccccc3n2)c(C)c1. The quantitative estimate of drug-likeness (QED) is 0.684. The van der Waals surface area contributed by atoms with Gasteiger partial charge in [0.25, 0.3) is 0 Å². The molecule has 0 N–H and O–H groups in total. The number of hydrogen-bond acceptors (Lipinski definition) is 2. The van der Waals surface area contributed by atoms with Crippen molar-refractivity contribution in [2.75, 3.05) is 7.11 Å². The molecule has 0 aliphatic carbocycles. The lowest BCUT2D eigenvalue weighted by molar-refractivity contribution is 0.414. The Morgan fingerprint density at radius 3 is 2.67 bits per heavy atom. The van der Waals surface area contributed by atoms with E-state index in [1.165, 1.54) is 0 Å². The van der Waals surface area contributed by atoms with E-state index < -0.39 is 0 Å². The van der Waals surface area contributed by atoms with Crippen LogP contribution in [0.25, 0.3) is 16.6 Å². The number of hydrogen-bond donors (Lipinski definition) is 0. The van der Waals surface area contributed by atoms with E-state index in [0.717, 1.165) is 27.9 Å². The third kappa shape index (κ3) is 1.74. The molecule has 0 saturated carbocycles. The largest absolute Gasteiger partial charge is 0.497 e. The van der Waals surface area contributed by atoms with Crippen LogP contribution >= 0.6 is 0 Å². The van der Waals surface area contributed by atoms with E-state index in [-0.39, 0.29) is 0 Å². The van der Waals surface area contributed by atoms with Crippen LogP contribution in [0.4, 0.5) is 0 Å². The van der Waals surface area contributed by atoms with Crippen LogP contribution in [0.3, 0.4) is 0 Å². The van der Waals surface area contributed by atoms with Crippen molar-refractivity contribution in [1.29, 1.82) is 0 Å². The molecule has 0 aliphatic rings. The molecule has 18 heavy (non-hydrogen) atoms. The first-order valence-electron chi connectivity index (χ1n) is 5.87. The smallest absolute Gasteiger partial charge is 0.119 e. The molecule has 3 nitrogen and oxygen atoms in total. The predicted molar refractivity (Wildman–Crippen MR) is 72.4 cm³/mol. The fourth-order valence-electron chi connectivity index (χ4n) is 2.10. The third-order valence-corrected chi connectivity index (χ3v) is 3.06. The maximum absolute atomic E-state index is 5.22. The van der Waals surface area contributed by atoms with Gasteiger partial charge in [0.1, 0.15) is 5.75 Å². The number of fused-ring (bicyclic) bond motifs is 1. The molecule has 0 saturated heterocycles. The Hall–Kier alpha value is -2.29. The summed E-state index contributed by atoms with van der Waals surface area (Å²) in [5, 5.41) is 5.72. The van der Waals surface area contributed by atoms with Gasteiger partial charge in [-0.1, -0.05) is 18.2 Å². The van der Waals surface area contributed by atoms with Gasteiger partial charge in [0.05, 0.1) is 18.3 Å². The highest BCUT2D eigenvalue weighted by Crippen LogP contribution is 2.21. The molecule has 2 aromatic carbocycles. The van der Waals surface area contributed by atoms with E-state index in [1.54, 1.807) is 7.11 Å². The normalized spacial score (nSPS) is 10.8. The fourth-order valence-corrected chi connectivity index (χ4v) is 2.10. The first-order chi connectivity index (χ1) is 8.78. The Morgan fingerprint density at radius 1 is 1.11 bits per heavy atom. The summed E-state index contributed by atoms with van der Waals surface area (Å²) in [5.41, 5.74) is 3.22. The fraction of sp³-hybridized carbons (Fsp3) is 0.133. The number of nitrogens with zero attached hydrogens (tertiary/aromatic N) is 2. The van der Waals surface area contributed by atoms with Gasteiger partial charge < -0.3 is 4.74 Å². The van der Waals surface area contributed by atoms with E-state index in [1.807, 2.05) is 47.3 Å². The minimum atomic E-state index is 0.868. The summed E-state index contributed by atoms with van der Waals surface area (Å²) >= 11 is 0. The molecule has 0 bridgehead atoms. The van der Waals surface area contributed by atoms with E-state index in [2.05, 4.69) is 18.1 Å².